The van der Waals surface area contributed by atoms with E-state index in [1.165, 1.54) is 4.90 Å². The van der Waals surface area contributed by atoms with Gasteiger partial charge < -0.3 is 14.9 Å². The molecule has 37 heavy (non-hydrogen) atoms. The van der Waals surface area contributed by atoms with Crippen LogP contribution in [0, 0.1) is 0 Å². The molecule has 0 bridgehead atoms. The number of carbonyl (C=O) groups excluding carboxylic acids is 2. The van der Waals surface area contributed by atoms with E-state index in [9.17, 15) is 19.5 Å². The molecule has 3 aromatic carbocycles. The van der Waals surface area contributed by atoms with Crippen LogP contribution in [-0.4, -0.2) is 34.0 Å². The zero-order valence-electron chi connectivity index (χ0n) is 21.0. The third kappa shape index (κ3) is 5.40. The molecular weight excluding hydrogens is 470 g/mol. The number of carbonyl (C=O) groups is 3. The summed E-state index contributed by atoms with van der Waals surface area (Å²) in [6.07, 6.45) is 0.591. The van der Waals surface area contributed by atoms with Gasteiger partial charge in [0.15, 0.2) is 0 Å². The van der Waals surface area contributed by atoms with Gasteiger partial charge in [-0.2, -0.15) is 0 Å². The summed E-state index contributed by atoms with van der Waals surface area (Å²) in [5, 5.41) is 20.4. The Hall–Kier alpha value is -4.39. The molecule has 0 spiro atoms. The van der Waals surface area contributed by atoms with Crippen LogP contribution < -0.4 is 9.64 Å². The first-order chi connectivity index (χ1) is 17.7. The second-order valence-electron chi connectivity index (χ2n) is 9.20. The molecule has 1 amide bonds. The van der Waals surface area contributed by atoms with Crippen LogP contribution in [0.4, 0.5) is 5.69 Å². The Morgan fingerprint density at radius 3 is 2.19 bits per heavy atom. The third-order valence-corrected chi connectivity index (χ3v) is 6.20. The molecule has 0 aromatic heterocycles. The lowest BCUT2D eigenvalue weighted by Gasteiger charge is -2.26. The Kier molecular flexibility index (Phi) is 7.43. The van der Waals surface area contributed by atoms with Gasteiger partial charge in [-0.05, 0) is 61.2 Å². The maximum Gasteiger partial charge on any atom is 0.307 e. The minimum Gasteiger partial charge on any atom is -0.507 e. The quantitative estimate of drug-likeness (QED) is 0.248. The molecule has 1 fully saturated rings. The van der Waals surface area contributed by atoms with Gasteiger partial charge in [-0.15, -0.1) is 0 Å². The summed E-state index contributed by atoms with van der Waals surface area (Å²) in [5.41, 5.74) is 3.10. The van der Waals surface area contributed by atoms with Gasteiger partial charge in [0.1, 0.15) is 11.5 Å². The SMILES string of the molecule is CCc1ccc(C2/C(=C(/O)c3cccc(OC(C)C)c3)C(=O)C(=O)N2c2ccc(CC(=O)O)cc2)cc1. The van der Waals surface area contributed by atoms with Gasteiger partial charge >= 0.3 is 5.97 Å². The zero-order valence-corrected chi connectivity index (χ0v) is 21.0. The van der Waals surface area contributed by atoms with Crippen molar-refractivity contribution in [3.63, 3.8) is 0 Å². The molecule has 1 atom stereocenters. The van der Waals surface area contributed by atoms with Gasteiger partial charge in [-0.25, -0.2) is 0 Å². The van der Waals surface area contributed by atoms with E-state index in [1.807, 2.05) is 45.0 Å². The summed E-state index contributed by atoms with van der Waals surface area (Å²) in [6.45, 7) is 5.81. The van der Waals surface area contributed by atoms with Crippen LogP contribution in [0.2, 0.25) is 0 Å². The van der Waals surface area contributed by atoms with Crippen molar-refractivity contribution >= 4 is 29.1 Å². The average molecular weight is 500 g/mol. The summed E-state index contributed by atoms with van der Waals surface area (Å²) in [4.78, 5) is 39.1. The van der Waals surface area contributed by atoms with E-state index in [0.717, 1.165) is 12.0 Å². The number of aliphatic carboxylic acids is 1. The number of aliphatic hydroxyl groups excluding tert-OH is 1. The van der Waals surface area contributed by atoms with E-state index in [4.69, 9.17) is 9.84 Å². The van der Waals surface area contributed by atoms with Gasteiger partial charge in [0.2, 0.25) is 0 Å². The number of hydrogen-bond donors (Lipinski definition) is 2. The van der Waals surface area contributed by atoms with Crippen molar-refractivity contribution < 1.29 is 29.3 Å². The Morgan fingerprint density at radius 2 is 1.59 bits per heavy atom. The minimum absolute atomic E-state index is 0.0226. The summed E-state index contributed by atoms with van der Waals surface area (Å²) in [5.74, 6) is -2.29. The standard InChI is InChI=1S/C30H29NO6/c1-4-19-8-12-21(13-9-19)27-26(28(34)22-6-5-7-24(17-22)37-18(2)3)29(35)30(36)31(27)23-14-10-20(11-15-23)16-25(32)33/h5-15,17-18,27,34H,4,16H2,1-3H3,(H,32,33)/b28-26-. The minimum atomic E-state index is -0.965. The average Bonchev–Trinajstić information content (AvgIpc) is 3.14. The van der Waals surface area contributed by atoms with Crippen LogP contribution >= 0.6 is 0 Å². The molecule has 4 rings (SSSR count). The number of carboxylic acids is 1. The second kappa shape index (κ2) is 10.7. The number of nitrogens with zero attached hydrogens (tertiary/aromatic N) is 1. The smallest absolute Gasteiger partial charge is 0.307 e. The number of ketones is 1. The Labute approximate surface area is 215 Å². The highest BCUT2D eigenvalue weighted by Crippen LogP contribution is 2.42. The number of rotatable bonds is 8. The van der Waals surface area contributed by atoms with Crippen LogP contribution in [0.3, 0.4) is 0 Å². The number of benzene rings is 3. The Morgan fingerprint density at radius 1 is 0.946 bits per heavy atom. The van der Waals surface area contributed by atoms with E-state index in [1.54, 1.807) is 48.5 Å². The van der Waals surface area contributed by atoms with Crippen LogP contribution in [0.25, 0.3) is 5.76 Å². The fraction of sp³-hybridized carbons (Fsp3) is 0.233. The zero-order chi connectivity index (χ0) is 26.7. The maximum atomic E-state index is 13.4. The van der Waals surface area contributed by atoms with Crippen molar-refractivity contribution in [2.24, 2.45) is 0 Å². The molecule has 3 aromatic rings. The highest BCUT2D eigenvalue weighted by molar-refractivity contribution is 6.51. The number of aryl methyl sites for hydroxylation is 1. The molecule has 1 unspecified atom stereocenters. The molecule has 0 saturated carbocycles. The number of aliphatic hydroxyl groups is 1. The monoisotopic (exact) mass is 499 g/mol. The van der Waals surface area contributed by atoms with E-state index in [2.05, 4.69) is 0 Å². The van der Waals surface area contributed by atoms with Gasteiger partial charge in [-0.1, -0.05) is 55.5 Å². The molecular formula is C30H29NO6. The molecule has 1 aliphatic rings. The lowest BCUT2D eigenvalue weighted by atomic mass is 9.94. The van der Waals surface area contributed by atoms with Gasteiger partial charge in [0.05, 0.1) is 24.1 Å². The van der Waals surface area contributed by atoms with Crippen LogP contribution in [0.15, 0.2) is 78.4 Å². The van der Waals surface area contributed by atoms with Crippen molar-refractivity contribution in [1.82, 2.24) is 0 Å². The van der Waals surface area contributed by atoms with Crippen molar-refractivity contribution in [2.45, 2.75) is 45.8 Å². The predicted octanol–water partition coefficient (Wildman–Crippen LogP) is 5.29. The number of ether oxygens (including phenoxy) is 1. The summed E-state index contributed by atoms with van der Waals surface area (Å²) < 4.78 is 5.74. The number of amides is 1. The van der Waals surface area contributed by atoms with Crippen LogP contribution in [0.1, 0.15) is 49.1 Å². The summed E-state index contributed by atoms with van der Waals surface area (Å²) in [6, 6.07) is 20.0. The normalized spacial score (nSPS) is 16.9. The Bertz CT molecular complexity index is 1360. The number of anilines is 1. The molecule has 2 N–H and O–H groups in total. The van der Waals surface area contributed by atoms with E-state index >= 15 is 0 Å². The Balaban J connectivity index is 1.85. The molecule has 7 heteroatoms. The van der Waals surface area contributed by atoms with E-state index in [0.29, 0.717) is 28.1 Å². The molecule has 7 nitrogen and oxygen atoms in total. The predicted molar refractivity (Wildman–Crippen MR) is 141 cm³/mol. The molecule has 1 aliphatic heterocycles. The van der Waals surface area contributed by atoms with Crippen molar-refractivity contribution in [3.05, 3.63) is 101 Å². The third-order valence-electron chi connectivity index (χ3n) is 6.20. The number of hydrogen-bond acceptors (Lipinski definition) is 5. The van der Waals surface area contributed by atoms with Crippen LogP contribution in [-0.2, 0) is 27.2 Å². The number of carboxylic acid groups (broad SMARTS) is 1. The lowest BCUT2D eigenvalue weighted by molar-refractivity contribution is -0.136. The molecule has 0 radical (unpaired) electrons. The fourth-order valence-corrected chi connectivity index (χ4v) is 4.44. The van der Waals surface area contributed by atoms with Crippen molar-refractivity contribution in [3.8, 4) is 5.75 Å². The summed E-state index contributed by atoms with van der Waals surface area (Å²) >= 11 is 0. The molecule has 1 saturated heterocycles. The van der Waals surface area contributed by atoms with Gasteiger partial charge in [0.25, 0.3) is 11.7 Å². The lowest BCUT2D eigenvalue weighted by Crippen LogP contribution is -2.29. The molecule has 0 aliphatic carbocycles. The number of Topliss-reactive ketones (excluding diaryl/α,β-unsaturated/α-hetero) is 1. The van der Waals surface area contributed by atoms with Crippen molar-refractivity contribution in [1.29, 1.82) is 0 Å². The van der Waals surface area contributed by atoms with E-state index < -0.39 is 23.7 Å². The summed E-state index contributed by atoms with van der Waals surface area (Å²) in [7, 11) is 0. The first kappa shape index (κ1) is 25.7. The largest absolute Gasteiger partial charge is 0.507 e. The first-order valence-corrected chi connectivity index (χ1v) is 12.2. The molecule has 190 valence electrons. The fourth-order valence-electron chi connectivity index (χ4n) is 4.44. The highest BCUT2D eigenvalue weighted by Gasteiger charge is 2.47. The topological polar surface area (TPSA) is 104 Å². The van der Waals surface area contributed by atoms with Crippen molar-refractivity contribution in [2.75, 3.05) is 4.90 Å². The second-order valence-corrected chi connectivity index (χ2v) is 9.20. The maximum absolute atomic E-state index is 13.4. The van der Waals surface area contributed by atoms with Gasteiger partial charge in [-0.3, -0.25) is 19.3 Å². The molecule has 1 heterocycles. The van der Waals surface area contributed by atoms with Gasteiger partial charge in [0, 0.05) is 11.3 Å². The van der Waals surface area contributed by atoms with Crippen LogP contribution in [0.5, 0.6) is 5.75 Å². The first-order valence-electron chi connectivity index (χ1n) is 12.2. The van der Waals surface area contributed by atoms with E-state index in [-0.39, 0.29) is 23.9 Å². The highest BCUT2D eigenvalue weighted by atomic mass is 16.5.